The molecule has 0 unspecified atom stereocenters. The first-order chi connectivity index (χ1) is 18.4. The van der Waals surface area contributed by atoms with Crippen LogP contribution >= 0.6 is 0 Å². The standard InChI is InChI=1S/C31H28N6O/c1-20(34-30-27(32-3)19-33-21(2)35-30)28-18-23-12-10-16-26(22-11-9-15-25(17-22)36(4)5)29(23)31(38)37(28)24-13-7-6-8-14-24/h6-20H,1-2,4-5H3,(H,33,34,35)/t20-/m0/s1. The fourth-order valence-corrected chi connectivity index (χ4v) is 4.67. The summed E-state index contributed by atoms with van der Waals surface area (Å²) in [5.41, 5.74) is 4.69. The van der Waals surface area contributed by atoms with Crippen LogP contribution in [0.3, 0.4) is 0 Å². The van der Waals surface area contributed by atoms with Crippen molar-refractivity contribution in [2.75, 3.05) is 24.3 Å². The van der Waals surface area contributed by atoms with Crippen LogP contribution in [-0.2, 0) is 0 Å². The number of nitrogens with one attached hydrogen (secondary N) is 1. The summed E-state index contributed by atoms with van der Waals surface area (Å²) in [6.45, 7) is 11.3. The van der Waals surface area contributed by atoms with Crippen LogP contribution in [0.25, 0.3) is 32.4 Å². The zero-order chi connectivity index (χ0) is 26.8. The lowest BCUT2D eigenvalue weighted by Gasteiger charge is -2.22. The lowest BCUT2D eigenvalue weighted by molar-refractivity contribution is 0.772. The van der Waals surface area contributed by atoms with E-state index in [-0.39, 0.29) is 11.6 Å². The van der Waals surface area contributed by atoms with Gasteiger partial charge in [0, 0.05) is 37.4 Å². The average molecular weight is 501 g/mol. The summed E-state index contributed by atoms with van der Waals surface area (Å²) in [6, 6.07) is 25.5. The van der Waals surface area contributed by atoms with Gasteiger partial charge in [0.25, 0.3) is 5.56 Å². The van der Waals surface area contributed by atoms with E-state index in [1.807, 2.05) is 87.7 Å². The van der Waals surface area contributed by atoms with Gasteiger partial charge in [0.2, 0.25) is 5.69 Å². The number of anilines is 2. The highest BCUT2D eigenvalue weighted by Crippen LogP contribution is 2.32. The molecule has 1 N–H and O–H groups in total. The number of nitrogens with zero attached hydrogens (tertiary/aromatic N) is 5. The third-order valence-corrected chi connectivity index (χ3v) is 6.57. The Balaban J connectivity index is 1.74. The molecule has 0 spiro atoms. The maximum atomic E-state index is 14.3. The fraction of sp³-hybridized carbons (Fsp3) is 0.161. The van der Waals surface area contributed by atoms with Gasteiger partial charge in [-0.15, -0.1) is 0 Å². The van der Waals surface area contributed by atoms with E-state index in [2.05, 4.69) is 37.2 Å². The number of rotatable bonds is 6. The van der Waals surface area contributed by atoms with Crippen LogP contribution in [0.4, 0.5) is 17.2 Å². The van der Waals surface area contributed by atoms with Crippen LogP contribution in [-0.4, -0.2) is 28.6 Å². The van der Waals surface area contributed by atoms with Gasteiger partial charge in [0.05, 0.1) is 18.0 Å². The van der Waals surface area contributed by atoms with E-state index < -0.39 is 0 Å². The van der Waals surface area contributed by atoms with Gasteiger partial charge in [0.15, 0.2) is 0 Å². The minimum Gasteiger partial charge on any atom is -0.378 e. The van der Waals surface area contributed by atoms with Gasteiger partial charge in [-0.25, -0.2) is 9.83 Å². The van der Waals surface area contributed by atoms with Crippen molar-refractivity contribution >= 4 is 28.0 Å². The second kappa shape index (κ2) is 10.2. The molecule has 0 aliphatic rings. The van der Waals surface area contributed by atoms with E-state index in [1.54, 1.807) is 11.5 Å². The molecule has 0 saturated carbocycles. The molecule has 0 fully saturated rings. The summed E-state index contributed by atoms with van der Waals surface area (Å²) in [5.74, 6) is 1.01. The van der Waals surface area contributed by atoms with Crippen molar-refractivity contribution in [2.24, 2.45) is 0 Å². The van der Waals surface area contributed by atoms with Gasteiger partial charge in [-0.05, 0) is 60.7 Å². The Morgan fingerprint density at radius 1 is 1.00 bits per heavy atom. The second-order valence-corrected chi connectivity index (χ2v) is 9.39. The van der Waals surface area contributed by atoms with Gasteiger partial charge in [-0.1, -0.05) is 48.5 Å². The summed E-state index contributed by atoms with van der Waals surface area (Å²) in [6.07, 6.45) is 1.52. The quantitative estimate of drug-likeness (QED) is 0.268. The molecule has 5 aromatic rings. The van der Waals surface area contributed by atoms with E-state index >= 15 is 0 Å². The molecular weight excluding hydrogens is 472 g/mol. The monoisotopic (exact) mass is 500 g/mol. The first-order valence-electron chi connectivity index (χ1n) is 12.4. The highest BCUT2D eigenvalue weighted by atomic mass is 16.1. The van der Waals surface area contributed by atoms with Crippen molar-refractivity contribution in [3.63, 3.8) is 0 Å². The molecule has 1 atom stereocenters. The molecule has 38 heavy (non-hydrogen) atoms. The molecular formula is C31H28N6O. The molecule has 2 heterocycles. The molecule has 0 aliphatic carbocycles. The maximum Gasteiger partial charge on any atom is 0.263 e. The molecule has 0 amide bonds. The van der Waals surface area contributed by atoms with E-state index in [1.165, 1.54) is 6.20 Å². The zero-order valence-corrected chi connectivity index (χ0v) is 21.8. The Kier molecular flexibility index (Phi) is 6.63. The van der Waals surface area contributed by atoms with Crippen LogP contribution in [0.1, 0.15) is 24.5 Å². The average Bonchev–Trinajstić information content (AvgIpc) is 2.93. The minimum atomic E-state index is -0.331. The van der Waals surface area contributed by atoms with Crippen molar-refractivity contribution in [2.45, 2.75) is 19.9 Å². The van der Waals surface area contributed by atoms with Gasteiger partial charge >= 0.3 is 0 Å². The first-order valence-corrected chi connectivity index (χ1v) is 12.4. The van der Waals surface area contributed by atoms with E-state index in [0.29, 0.717) is 22.7 Å². The first kappa shape index (κ1) is 24.7. The molecule has 2 aromatic heterocycles. The van der Waals surface area contributed by atoms with Crippen molar-refractivity contribution < 1.29 is 0 Å². The molecule has 0 aliphatic heterocycles. The molecule has 7 nitrogen and oxygen atoms in total. The predicted molar refractivity (Wildman–Crippen MR) is 154 cm³/mol. The number of pyridine rings is 1. The third-order valence-electron chi connectivity index (χ3n) is 6.57. The molecule has 188 valence electrons. The summed E-state index contributed by atoms with van der Waals surface area (Å²) in [7, 11) is 4.01. The van der Waals surface area contributed by atoms with Gasteiger partial charge in [0.1, 0.15) is 11.6 Å². The summed E-state index contributed by atoms with van der Waals surface area (Å²) < 4.78 is 1.75. The van der Waals surface area contributed by atoms with Gasteiger partial charge in [-0.3, -0.25) is 14.3 Å². The van der Waals surface area contributed by atoms with Crippen LogP contribution in [0.15, 0.2) is 89.9 Å². The molecule has 3 aromatic carbocycles. The van der Waals surface area contributed by atoms with Crippen molar-refractivity contribution in [3.8, 4) is 16.8 Å². The molecule has 5 rings (SSSR count). The number of aromatic nitrogens is 3. The Hall–Kier alpha value is -4.96. The molecule has 7 heteroatoms. The molecule has 0 radical (unpaired) electrons. The van der Waals surface area contributed by atoms with Crippen LogP contribution in [0.5, 0.6) is 0 Å². The Bertz CT molecular complexity index is 1730. The molecule has 0 saturated heterocycles. The number of benzene rings is 3. The third kappa shape index (κ3) is 4.60. The number of fused-ring (bicyclic) bond motifs is 1. The van der Waals surface area contributed by atoms with E-state index in [9.17, 15) is 4.79 Å². The lowest BCUT2D eigenvalue weighted by Crippen LogP contribution is -2.26. The number of para-hydroxylation sites is 1. The van der Waals surface area contributed by atoms with Crippen molar-refractivity contribution in [1.82, 2.24) is 14.5 Å². The fourth-order valence-electron chi connectivity index (χ4n) is 4.67. The predicted octanol–water partition coefficient (Wildman–Crippen LogP) is 6.55. The largest absolute Gasteiger partial charge is 0.378 e. The second-order valence-electron chi connectivity index (χ2n) is 9.39. The normalized spacial score (nSPS) is 11.7. The summed E-state index contributed by atoms with van der Waals surface area (Å²) in [4.78, 5) is 28.5. The highest BCUT2D eigenvalue weighted by Gasteiger charge is 2.20. The lowest BCUT2D eigenvalue weighted by atomic mass is 9.97. The van der Waals surface area contributed by atoms with Crippen LogP contribution in [0, 0.1) is 13.5 Å². The van der Waals surface area contributed by atoms with Crippen LogP contribution in [0.2, 0.25) is 0 Å². The summed E-state index contributed by atoms with van der Waals surface area (Å²) in [5, 5.41) is 4.86. The number of aryl methyl sites for hydroxylation is 1. The summed E-state index contributed by atoms with van der Waals surface area (Å²) >= 11 is 0. The minimum absolute atomic E-state index is 0.104. The number of hydrogen-bond acceptors (Lipinski definition) is 5. The Morgan fingerprint density at radius 2 is 1.76 bits per heavy atom. The SMILES string of the molecule is [C-]#[N+]c1cnc(C)nc1N[C@@H](C)c1cc2cccc(-c3cccc(N(C)C)c3)c2c(=O)n1-c1ccccc1. The highest BCUT2D eigenvalue weighted by molar-refractivity contribution is 5.97. The van der Waals surface area contributed by atoms with E-state index in [0.717, 1.165) is 33.6 Å². The van der Waals surface area contributed by atoms with Crippen LogP contribution < -0.4 is 15.8 Å². The van der Waals surface area contributed by atoms with Gasteiger partial charge in [-0.2, -0.15) is 0 Å². The Morgan fingerprint density at radius 3 is 2.50 bits per heavy atom. The topological polar surface area (TPSA) is 67.4 Å². The van der Waals surface area contributed by atoms with Crippen molar-refractivity contribution in [3.05, 3.63) is 118 Å². The van der Waals surface area contributed by atoms with Crippen molar-refractivity contribution in [1.29, 1.82) is 0 Å². The van der Waals surface area contributed by atoms with E-state index in [4.69, 9.17) is 6.57 Å². The Labute approximate surface area is 221 Å². The van der Waals surface area contributed by atoms with Gasteiger partial charge < -0.3 is 10.2 Å². The molecule has 0 bridgehead atoms. The number of hydrogen-bond donors (Lipinski definition) is 1. The smallest absolute Gasteiger partial charge is 0.263 e. The maximum absolute atomic E-state index is 14.3. The zero-order valence-electron chi connectivity index (χ0n) is 21.8.